The summed E-state index contributed by atoms with van der Waals surface area (Å²) >= 11 is 0. The molecule has 1 amide bonds. The number of carbonyl (C=O) groups excluding carboxylic acids is 1. The molecule has 2 rings (SSSR count). The lowest BCUT2D eigenvalue weighted by Gasteiger charge is -2.46. The highest BCUT2D eigenvalue weighted by Gasteiger charge is 2.45. The van der Waals surface area contributed by atoms with E-state index in [1.165, 1.54) is 4.90 Å². The maximum atomic E-state index is 13.6. The van der Waals surface area contributed by atoms with Crippen LogP contribution in [0.1, 0.15) is 26.3 Å². The van der Waals surface area contributed by atoms with Crippen LogP contribution in [-0.4, -0.2) is 40.4 Å². The van der Waals surface area contributed by atoms with Crippen molar-refractivity contribution in [3.05, 3.63) is 35.4 Å². The van der Waals surface area contributed by atoms with Crippen LogP contribution in [0.5, 0.6) is 0 Å². The lowest BCUT2D eigenvalue weighted by Crippen LogP contribution is -2.65. The number of hydrogen-bond acceptors (Lipinski definition) is 3. The molecule has 1 aliphatic rings. The third-order valence-corrected chi connectivity index (χ3v) is 3.15. The number of likely N-dealkylation sites (tertiary alicyclic amines) is 1. The molecule has 1 N–H and O–H groups in total. The van der Waals surface area contributed by atoms with Crippen LogP contribution in [0.2, 0.25) is 0 Å². The van der Waals surface area contributed by atoms with Gasteiger partial charge in [0.05, 0.1) is 13.1 Å². The minimum absolute atomic E-state index is 0.0396. The van der Waals surface area contributed by atoms with Gasteiger partial charge in [-0.3, -0.25) is 0 Å². The Morgan fingerprint density at radius 3 is 2.57 bits per heavy atom. The predicted molar refractivity (Wildman–Crippen MR) is 72.8 cm³/mol. The van der Waals surface area contributed by atoms with Gasteiger partial charge in [0.15, 0.2) is 0 Å². The Hall–Kier alpha value is -1.69. The van der Waals surface area contributed by atoms with Gasteiger partial charge in [0.2, 0.25) is 0 Å². The van der Waals surface area contributed by atoms with Crippen molar-refractivity contribution in [1.29, 1.82) is 0 Å². The van der Waals surface area contributed by atoms with Gasteiger partial charge in [-0.2, -0.15) is 0 Å². The number of carbonyl (C=O) groups is 1. The van der Waals surface area contributed by atoms with E-state index in [1.54, 1.807) is 20.8 Å². The van der Waals surface area contributed by atoms with E-state index in [0.717, 1.165) is 18.2 Å². The third kappa shape index (κ3) is 3.91. The number of β-amino-alcohol motifs (C(OH)–C–C–N with tert-alkyl or cyclic N) is 1. The molecule has 0 spiro atoms. The van der Waals surface area contributed by atoms with Crippen molar-refractivity contribution in [3.63, 3.8) is 0 Å². The summed E-state index contributed by atoms with van der Waals surface area (Å²) in [4.78, 5) is 13.1. The fourth-order valence-electron chi connectivity index (χ4n) is 2.26. The van der Waals surface area contributed by atoms with E-state index < -0.39 is 28.9 Å². The van der Waals surface area contributed by atoms with Crippen molar-refractivity contribution >= 4 is 6.09 Å². The quantitative estimate of drug-likeness (QED) is 0.913. The van der Waals surface area contributed by atoms with E-state index in [0.29, 0.717) is 0 Å². The molecule has 0 unspecified atom stereocenters. The zero-order chi connectivity index (χ0) is 15.8. The molecule has 116 valence electrons. The van der Waals surface area contributed by atoms with Crippen LogP contribution in [0.15, 0.2) is 18.2 Å². The maximum absolute atomic E-state index is 13.6. The van der Waals surface area contributed by atoms with E-state index in [9.17, 15) is 18.7 Å². The third-order valence-electron chi connectivity index (χ3n) is 3.15. The number of aliphatic hydroxyl groups is 1. The fraction of sp³-hybridized carbons (Fsp3) is 0.533. The Morgan fingerprint density at radius 1 is 1.38 bits per heavy atom. The molecule has 4 nitrogen and oxygen atoms in total. The molecule has 0 saturated carbocycles. The number of rotatable bonds is 2. The largest absolute Gasteiger partial charge is 0.444 e. The topological polar surface area (TPSA) is 49.8 Å². The van der Waals surface area contributed by atoms with Gasteiger partial charge in [-0.05, 0) is 44.5 Å². The number of ether oxygens (including phenoxy) is 1. The zero-order valence-corrected chi connectivity index (χ0v) is 12.3. The molecule has 0 aromatic heterocycles. The van der Waals surface area contributed by atoms with Gasteiger partial charge in [-0.15, -0.1) is 0 Å². The number of halogens is 2. The molecule has 1 aromatic carbocycles. The number of nitrogens with zero attached hydrogens (tertiary/aromatic N) is 1. The number of amides is 1. The molecule has 1 aromatic rings. The van der Waals surface area contributed by atoms with Crippen LogP contribution in [0.4, 0.5) is 13.6 Å². The minimum Gasteiger partial charge on any atom is -0.444 e. The average Bonchev–Trinajstić information content (AvgIpc) is 2.28. The summed E-state index contributed by atoms with van der Waals surface area (Å²) in [5.41, 5.74) is -1.76. The van der Waals surface area contributed by atoms with Crippen LogP contribution in [0, 0.1) is 11.6 Å². The predicted octanol–water partition coefficient (Wildman–Crippen LogP) is 2.49. The zero-order valence-electron chi connectivity index (χ0n) is 12.3. The molecular weight excluding hydrogens is 280 g/mol. The SMILES string of the molecule is CC(C)(C)OC(=O)N1CC(O)(Cc2cc(F)ccc2F)C1. The second-order valence-corrected chi connectivity index (χ2v) is 6.47. The van der Waals surface area contributed by atoms with Gasteiger partial charge in [0.25, 0.3) is 0 Å². The van der Waals surface area contributed by atoms with E-state index in [1.807, 2.05) is 0 Å². The number of hydrogen-bond donors (Lipinski definition) is 1. The second kappa shape index (κ2) is 5.26. The summed E-state index contributed by atoms with van der Waals surface area (Å²) in [5.74, 6) is -1.13. The van der Waals surface area contributed by atoms with E-state index in [-0.39, 0.29) is 25.1 Å². The first-order valence-corrected chi connectivity index (χ1v) is 6.72. The molecule has 0 radical (unpaired) electrons. The molecule has 0 bridgehead atoms. The molecule has 0 atom stereocenters. The van der Waals surface area contributed by atoms with Gasteiger partial charge in [0, 0.05) is 6.42 Å². The van der Waals surface area contributed by atoms with Gasteiger partial charge in [-0.1, -0.05) is 0 Å². The van der Waals surface area contributed by atoms with Crippen LogP contribution in [0.3, 0.4) is 0 Å². The summed E-state index contributed by atoms with van der Waals surface area (Å²) in [7, 11) is 0. The first kappa shape index (κ1) is 15.7. The Morgan fingerprint density at radius 2 is 2.00 bits per heavy atom. The molecule has 6 heteroatoms. The van der Waals surface area contributed by atoms with Crippen molar-refractivity contribution in [2.24, 2.45) is 0 Å². The molecule has 0 aliphatic carbocycles. The monoisotopic (exact) mass is 299 g/mol. The highest BCUT2D eigenvalue weighted by atomic mass is 19.1. The lowest BCUT2D eigenvalue weighted by atomic mass is 9.87. The fourth-order valence-corrected chi connectivity index (χ4v) is 2.26. The van der Waals surface area contributed by atoms with Crippen LogP contribution in [0.25, 0.3) is 0 Å². The van der Waals surface area contributed by atoms with Crippen molar-refractivity contribution in [2.75, 3.05) is 13.1 Å². The average molecular weight is 299 g/mol. The van der Waals surface area contributed by atoms with Gasteiger partial charge < -0.3 is 14.7 Å². The Balaban J connectivity index is 1.95. The summed E-state index contributed by atoms with van der Waals surface area (Å²) in [6.45, 7) is 5.33. The van der Waals surface area contributed by atoms with Crippen molar-refractivity contribution < 1.29 is 23.4 Å². The summed E-state index contributed by atoms with van der Waals surface area (Å²) < 4.78 is 31.8. The summed E-state index contributed by atoms with van der Waals surface area (Å²) in [6.07, 6.45) is -0.567. The molecule has 1 aliphatic heterocycles. The summed E-state index contributed by atoms with van der Waals surface area (Å²) in [5, 5.41) is 10.3. The van der Waals surface area contributed by atoms with E-state index in [4.69, 9.17) is 4.74 Å². The van der Waals surface area contributed by atoms with Crippen molar-refractivity contribution in [2.45, 2.75) is 38.4 Å². The van der Waals surface area contributed by atoms with Crippen LogP contribution < -0.4 is 0 Å². The summed E-state index contributed by atoms with van der Waals surface area (Å²) in [6, 6.07) is 3.11. The maximum Gasteiger partial charge on any atom is 0.410 e. The van der Waals surface area contributed by atoms with E-state index in [2.05, 4.69) is 0 Å². The normalized spacial score (nSPS) is 17.3. The smallest absolute Gasteiger partial charge is 0.410 e. The highest BCUT2D eigenvalue weighted by molar-refractivity contribution is 5.69. The van der Waals surface area contributed by atoms with E-state index >= 15 is 0 Å². The van der Waals surface area contributed by atoms with Gasteiger partial charge >= 0.3 is 6.09 Å². The molecule has 1 fully saturated rings. The minimum atomic E-state index is -1.24. The van der Waals surface area contributed by atoms with Gasteiger partial charge in [0.1, 0.15) is 22.8 Å². The Labute approximate surface area is 122 Å². The molecule has 1 saturated heterocycles. The standard InChI is InChI=1S/C15H19F2NO3/c1-14(2,3)21-13(19)18-8-15(20,9-18)7-10-6-11(16)4-5-12(10)17/h4-6,20H,7-9H2,1-3H3. The first-order chi connectivity index (χ1) is 9.58. The molecule has 1 heterocycles. The van der Waals surface area contributed by atoms with Crippen molar-refractivity contribution in [1.82, 2.24) is 4.90 Å². The highest BCUT2D eigenvalue weighted by Crippen LogP contribution is 2.28. The second-order valence-electron chi connectivity index (χ2n) is 6.47. The van der Waals surface area contributed by atoms with Crippen molar-refractivity contribution in [3.8, 4) is 0 Å². The lowest BCUT2D eigenvalue weighted by molar-refractivity contribution is -0.0977. The van der Waals surface area contributed by atoms with Gasteiger partial charge in [-0.25, -0.2) is 13.6 Å². The Bertz CT molecular complexity index is 548. The Kier molecular flexibility index (Phi) is 3.93. The molecule has 21 heavy (non-hydrogen) atoms. The first-order valence-electron chi connectivity index (χ1n) is 6.72. The van der Waals surface area contributed by atoms with Crippen LogP contribution in [-0.2, 0) is 11.2 Å². The van der Waals surface area contributed by atoms with Crippen LogP contribution >= 0.6 is 0 Å². The number of benzene rings is 1. The molecular formula is C15H19F2NO3.